The summed E-state index contributed by atoms with van der Waals surface area (Å²) in [6.45, 7) is 7.24. The van der Waals surface area contributed by atoms with E-state index in [4.69, 9.17) is 9.26 Å². The molecular formula is C22H21N5O2. The van der Waals surface area contributed by atoms with E-state index >= 15 is 0 Å². The molecule has 0 N–H and O–H groups in total. The Balaban J connectivity index is 1.42. The number of benzene rings is 2. The van der Waals surface area contributed by atoms with E-state index in [9.17, 15) is 0 Å². The minimum Gasteiger partial charge on any atom is -0.365 e. The Labute approximate surface area is 168 Å². The molecule has 7 nitrogen and oxygen atoms in total. The number of hydrogen-bond donors (Lipinski definition) is 0. The number of rotatable bonds is 3. The maximum absolute atomic E-state index is 6.15. The standard InChI is InChI=1S/C22H21N5O2/c1-13-4-7-16(8-5-13)21-23-22(29-25-21)20-18-12-28-19(11-27(18)26-24-20)17-9-6-14(2)10-15(17)3/h4-10,19H,11-12H2,1-3H3/t19-/m0/s1. The molecule has 0 bridgehead atoms. The third-order valence-corrected chi connectivity index (χ3v) is 5.31. The number of hydrogen-bond acceptors (Lipinski definition) is 6. The van der Waals surface area contributed by atoms with Gasteiger partial charge in [-0.05, 0) is 31.9 Å². The maximum Gasteiger partial charge on any atom is 0.280 e. The second kappa shape index (κ2) is 6.93. The van der Waals surface area contributed by atoms with Crippen molar-refractivity contribution in [2.24, 2.45) is 0 Å². The molecule has 2 aromatic heterocycles. The lowest BCUT2D eigenvalue weighted by atomic mass is 10.0. The number of aryl methyl sites for hydroxylation is 3. The first-order valence-electron chi connectivity index (χ1n) is 9.61. The van der Waals surface area contributed by atoms with Gasteiger partial charge in [-0.2, -0.15) is 4.98 Å². The Kier molecular flexibility index (Phi) is 4.24. The van der Waals surface area contributed by atoms with Crippen molar-refractivity contribution < 1.29 is 9.26 Å². The van der Waals surface area contributed by atoms with Crippen molar-refractivity contribution >= 4 is 0 Å². The molecule has 0 aliphatic carbocycles. The van der Waals surface area contributed by atoms with E-state index in [2.05, 4.69) is 52.5 Å². The summed E-state index contributed by atoms with van der Waals surface area (Å²) < 4.78 is 13.5. The number of fused-ring (bicyclic) bond motifs is 1. The molecule has 1 atom stereocenters. The van der Waals surface area contributed by atoms with Crippen LogP contribution in [0.15, 0.2) is 47.0 Å². The topological polar surface area (TPSA) is 78.9 Å². The highest BCUT2D eigenvalue weighted by molar-refractivity contribution is 5.59. The first kappa shape index (κ1) is 17.8. The molecule has 2 aromatic carbocycles. The second-order valence-corrected chi connectivity index (χ2v) is 7.52. The molecule has 0 unspecified atom stereocenters. The van der Waals surface area contributed by atoms with Crippen LogP contribution in [0.3, 0.4) is 0 Å². The number of nitrogens with zero attached hydrogens (tertiary/aromatic N) is 5. The summed E-state index contributed by atoms with van der Waals surface area (Å²) in [5, 5.41) is 12.7. The fourth-order valence-corrected chi connectivity index (χ4v) is 3.69. The van der Waals surface area contributed by atoms with E-state index in [-0.39, 0.29) is 6.10 Å². The van der Waals surface area contributed by atoms with Gasteiger partial charge < -0.3 is 9.26 Å². The zero-order valence-electron chi connectivity index (χ0n) is 16.6. The van der Waals surface area contributed by atoms with Crippen LogP contribution in [0.25, 0.3) is 23.0 Å². The SMILES string of the molecule is Cc1ccc(-c2noc(-c3nnn4c3CO[C@H](c3ccc(C)cc3C)C4)n2)cc1. The van der Waals surface area contributed by atoms with E-state index in [0.29, 0.717) is 30.6 Å². The Morgan fingerprint density at radius 1 is 1.00 bits per heavy atom. The summed E-state index contributed by atoms with van der Waals surface area (Å²) in [5.74, 6) is 0.891. The van der Waals surface area contributed by atoms with Gasteiger partial charge in [0, 0.05) is 5.56 Å². The van der Waals surface area contributed by atoms with Gasteiger partial charge in [0.25, 0.3) is 5.89 Å². The normalized spacial score (nSPS) is 16.0. The molecule has 0 amide bonds. The van der Waals surface area contributed by atoms with E-state index in [0.717, 1.165) is 11.3 Å². The monoisotopic (exact) mass is 387 g/mol. The third kappa shape index (κ3) is 3.23. The highest BCUT2D eigenvalue weighted by atomic mass is 16.5. The van der Waals surface area contributed by atoms with Crippen molar-refractivity contribution in [3.63, 3.8) is 0 Å². The molecule has 3 heterocycles. The van der Waals surface area contributed by atoms with Crippen molar-refractivity contribution in [2.75, 3.05) is 0 Å². The van der Waals surface area contributed by atoms with E-state index < -0.39 is 0 Å². The van der Waals surface area contributed by atoms with Crippen molar-refractivity contribution in [1.29, 1.82) is 0 Å². The molecule has 4 aromatic rings. The summed E-state index contributed by atoms with van der Waals surface area (Å²) >= 11 is 0. The first-order chi connectivity index (χ1) is 14.1. The number of ether oxygens (including phenoxy) is 1. The average Bonchev–Trinajstić information content (AvgIpc) is 3.35. The second-order valence-electron chi connectivity index (χ2n) is 7.52. The number of aromatic nitrogens is 5. The molecule has 0 saturated carbocycles. The van der Waals surface area contributed by atoms with Crippen LogP contribution in [0.4, 0.5) is 0 Å². The van der Waals surface area contributed by atoms with Crippen LogP contribution in [0, 0.1) is 20.8 Å². The molecule has 146 valence electrons. The predicted molar refractivity (Wildman–Crippen MR) is 107 cm³/mol. The summed E-state index contributed by atoms with van der Waals surface area (Å²) in [5.41, 5.74) is 7.15. The maximum atomic E-state index is 6.15. The van der Waals surface area contributed by atoms with Crippen LogP contribution < -0.4 is 0 Å². The smallest absolute Gasteiger partial charge is 0.280 e. The van der Waals surface area contributed by atoms with Crippen LogP contribution in [-0.2, 0) is 17.9 Å². The van der Waals surface area contributed by atoms with Gasteiger partial charge in [-0.25, -0.2) is 4.68 Å². The molecule has 1 aliphatic heterocycles. The van der Waals surface area contributed by atoms with Crippen molar-refractivity contribution in [2.45, 2.75) is 40.0 Å². The summed E-state index contributed by atoms with van der Waals surface area (Å²) in [6.07, 6.45) is -0.0524. The van der Waals surface area contributed by atoms with Gasteiger partial charge in [0.1, 0.15) is 6.10 Å². The Hall–Kier alpha value is -3.32. The average molecular weight is 387 g/mol. The predicted octanol–water partition coefficient (Wildman–Crippen LogP) is 4.19. The van der Waals surface area contributed by atoms with Gasteiger partial charge in [0.05, 0.1) is 18.8 Å². The molecule has 1 aliphatic rings. The highest BCUT2D eigenvalue weighted by Gasteiger charge is 2.28. The molecule has 0 saturated heterocycles. The largest absolute Gasteiger partial charge is 0.365 e. The van der Waals surface area contributed by atoms with Crippen LogP contribution in [0.5, 0.6) is 0 Å². The molecule has 29 heavy (non-hydrogen) atoms. The van der Waals surface area contributed by atoms with Gasteiger partial charge in [-0.15, -0.1) is 5.10 Å². The third-order valence-electron chi connectivity index (χ3n) is 5.31. The van der Waals surface area contributed by atoms with Gasteiger partial charge in [0.2, 0.25) is 5.82 Å². The van der Waals surface area contributed by atoms with Crippen LogP contribution >= 0.6 is 0 Å². The minimum absolute atomic E-state index is 0.0524. The Morgan fingerprint density at radius 3 is 2.59 bits per heavy atom. The van der Waals surface area contributed by atoms with Gasteiger partial charge >= 0.3 is 0 Å². The van der Waals surface area contributed by atoms with Crippen molar-refractivity contribution in [3.8, 4) is 23.0 Å². The lowest BCUT2D eigenvalue weighted by Gasteiger charge is -2.25. The summed E-state index contributed by atoms with van der Waals surface area (Å²) in [4.78, 5) is 4.51. The Bertz CT molecular complexity index is 1180. The quantitative estimate of drug-likeness (QED) is 0.524. The molecule has 0 spiro atoms. The van der Waals surface area contributed by atoms with Crippen LogP contribution in [0.1, 0.15) is 34.1 Å². The lowest BCUT2D eigenvalue weighted by Crippen LogP contribution is -2.22. The minimum atomic E-state index is -0.0524. The van der Waals surface area contributed by atoms with E-state index in [1.54, 1.807) is 0 Å². The summed E-state index contributed by atoms with van der Waals surface area (Å²) in [6, 6.07) is 14.4. The van der Waals surface area contributed by atoms with Gasteiger partial charge in [-0.1, -0.05) is 64.0 Å². The first-order valence-corrected chi connectivity index (χ1v) is 9.61. The zero-order chi connectivity index (χ0) is 20.0. The Morgan fingerprint density at radius 2 is 1.79 bits per heavy atom. The molecule has 5 rings (SSSR count). The van der Waals surface area contributed by atoms with E-state index in [1.165, 1.54) is 22.3 Å². The molecule has 0 fully saturated rings. The fourth-order valence-electron chi connectivity index (χ4n) is 3.69. The van der Waals surface area contributed by atoms with Crippen molar-refractivity contribution in [1.82, 2.24) is 25.1 Å². The van der Waals surface area contributed by atoms with E-state index in [1.807, 2.05) is 35.9 Å². The molecule has 0 radical (unpaired) electrons. The zero-order valence-corrected chi connectivity index (χ0v) is 16.6. The lowest BCUT2D eigenvalue weighted by molar-refractivity contribution is -0.00153. The summed E-state index contributed by atoms with van der Waals surface area (Å²) in [7, 11) is 0. The van der Waals surface area contributed by atoms with Gasteiger partial charge in [-0.3, -0.25) is 0 Å². The van der Waals surface area contributed by atoms with Crippen LogP contribution in [-0.4, -0.2) is 25.1 Å². The molecular weight excluding hydrogens is 366 g/mol. The van der Waals surface area contributed by atoms with Crippen LogP contribution in [0.2, 0.25) is 0 Å². The highest BCUT2D eigenvalue weighted by Crippen LogP contribution is 2.32. The van der Waals surface area contributed by atoms with Crippen molar-refractivity contribution in [3.05, 3.63) is 70.4 Å². The fraction of sp³-hybridized carbons (Fsp3) is 0.273. The van der Waals surface area contributed by atoms with Gasteiger partial charge in [0.15, 0.2) is 5.69 Å². The molecule has 7 heteroatoms.